The maximum absolute atomic E-state index is 13.5. The summed E-state index contributed by atoms with van der Waals surface area (Å²) < 4.78 is 61.1. The molecular weight excluding hydrogens is 512 g/mol. The van der Waals surface area contributed by atoms with Crippen molar-refractivity contribution < 1.29 is 26.7 Å². The zero-order valence-electron chi connectivity index (χ0n) is 20.3. The smallest absolute Gasteiger partial charge is 0.264 e. The molecule has 0 aliphatic carbocycles. The summed E-state index contributed by atoms with van der Waals surface area (Å²) in [5.41, 5.74) is 2.68. The summed E-state index contributed by atoms with van der Waals surface area (Å²) in [6.45, 7) is 0.806. The Balaban J connectivity index is 1.44. The lowest BCUT2D eigenvalue weighted by atomic mass is 10.1. The minimum absolute atomic E-state index is 0.169. The Morgan fingerprint density at radius 1 is 1.00 bits per heavy atom. The first kappa shape index (κ1) is 26.7. The molecule has 0 spiro atoms. The van der Waals surface area contributed by atoms with Gasteiger partial charge in [0.05, 0.1) is 11.4 Å². The maximum Gasteiger partial charge on any atom is 0.264 e. The van der Waals surface area contributed by atoms with Crippen LogP contribution < -0.4 is 9.46 Å². The maximum atomic E-state index is 13.5. The van der Waals surface area contributed by atoms with Crippen LogP contribution >= 0.6 is 0 Å². The summed E-state index contributed by atoms with van der Waals surface area (Å²) in [5, 5.41) is 4.21. The summed E-state index contributed by atoms with van der Waals surface area (Å²) in [6, 6.07) is 19.3. The molecule has 0 bridgehead atoms. The molecule has 1 heterocycles. The van der Waals surface area contributed by atoms with Gasteiger partial charge < -0.3 is 4.74 Å². The summed E-state index contributed by atoms with van der Waals surface area (Å²) >= 11 is 0. The van der Waals surface area contributed by atoms with E-state index in [9.17, 15) is 22.0 Å². The third kappa shape index (κ3) is 7.36. The van der Waals surface area contributed by atoms with Crippen molar-refractivity contribution in [1.29, 1.82) is 0 Å². The van der Waals surface area contributed by atoms with E-state index in [2.05, 4.69) is 5.10 Å². The topological polar surface area (TPSA) is 90.3 Å². The van der Waals surface area contributed by atoms with E-state index in [1.807, 2.05) is 77.7 Å². The number of aryl methyl sites for hydroxylation is 1. The molecule has 10 heteroatoms. The number of aromatic nitrogens is 2. The molecule has 1 aromatic heterocycles. The molecule has 7 nitrogen and oxygen atoms in total. The number of carbonyl (C=O) groups is 1. The number of sulfonamides is 1. The molecule has 196 valence electrons. The quantitative estimate of drug-likeness (QED) is 0.299. The zero-order chi connectivity index (χ0) is 27.0. The summed E-state index contributed by atoms with van der Waals surface area (Å²) in [4.78, 5) is 11.9. The van der Waals surface area contributed by atoms with Crippen LogP contribution in [0, 0.1) is 11.6 Å². The Morgan fingerprint density at radius 3 is 2.55 bits per heavy atom. The van der Waals surface area contributed by atoms with Crippen molar-refractivity contribution in [3.8, 4) is 5.75 Å². The SMILES string of the molecule is O=C(CCc1ccc(Cn2cccn2)cc1OC/C=C/c1ccccc1)NS(=O)(=O)c1ccc(F)c(F)c1. The molecule has 4 aromatic rings. The van der Waals surface area contributed by atoms with E-state index in [0.717, 1.165) is 17.2 Å². The van der Waals surface area contributed by atoms with Gasteiger partial charge in [0.25, 0.3) is 10.0 Å². The minimum Gasteiger partial charge on any atom is -0.489 e. The number of halogens is 2. The van der Waals surface area contributed by atoms with Crippen molar-refractivity contribution in [2.75, 3.05) is 6.61 Å². The Hall–Kier alpha value is -4.31. The summed E-state index contributed by atoms with van der Waals surface area (Å²) in [6.07, 6.45) is 7.36. The van der Waals surface area contributed by atoms with Gasteiger partial charge in [-0.05, 0) is 59.5 Å². The lowest BCUT2D eigenvalue weighted by Crippen LogP contribution is -2.30. The summed E-state index contributed by atoms with van der Waals surface area (Å²) in [5.74, 6) is -2.73. The molecule has 0 radical (unpaired) electrons. The van der Waals surface area contributed by atoms with E-state index in [-0.39, 0.29) is 19.4 Å². The fourth-order valence-electron chi connectivity index (χ4n) is 3.66. The first-order valence-corrected chi connectivity index (χ1v) is 13.2. The van der Waals surface area contributed by atoms with Gasteiger partial charge in [-0.3, -0.25) is 9.48 Å². The van der Waals surface area contributed by atoms with E-state index in [1.54, 1.807) is 10.9 Å². The van der Waals surface area contributed by atoms with Crippen LogP contribution in [0.15, 0.2) is 96.2 Å². The van der Waals surface area contributed by atoms with Gasteiger partial charge in [0, 0.05) is 18.8 Å². The van der Waals surface area contributed by atoms with Crippen LogP contribution in [-0.4, -0.2) is 30.7 Å². The highest BCUT2D eigenvalue weighted by atomic mass is 32.2. The molecular formula is C28H25F2N3O4S. The van der Waals surface area contributed by atoms with Crippen LogP contribution in [0.25, 0.3) is 6.08 Å². The fourth-order valence-corrected chi connectivity index (χ4v) is 4.68. The van der Waals surface area contributed by atoms with Gasteiger partial charge in [-0.1, -0.05) is 48.5 Å². The lowest BCUT2D eigenvalue weighted by molar-refractivity contribution is -0.119. The molecule has 1 N–H and O–H groups in total. The predicted molar refractivity (Wildman–Crippen MR) is 139 cm³/mol. The molecule has 0 atom stereocenters. The van der Waals surface area contributed by atoms with Gasteiger partial charge in [-0.15, -0.1) is 0 Å². The third-order valence-corrected chi connectivity index (χ3v) is 6.92. The van der Waals surface area contributed by atoms with Crippen LogP contribution in [0.2, 0.25) is 0 Å². The molecule has 4 rings (SSSR count). The van der Waals surface area contributed by atoms with Crippen LogP contribution in [0.1, 0.15) is 23.1 Å². The van der Waals surface area contributed by atoms with Crippen molar-refractivity contribution in [3.63, 3.8) is 0 Å². The van der Waals surface area contributed by atoms with Crippen LogP contribution in [0.5, 0.6) is 5.75 Å². The number of nitrogens with one attached hydrogen (secondary N) is 1. The third-order valence-electron chi connectivity index (χ3n) is 5.55. The molecule has 0 fully saturated rings. The average Bonchev–Trinajstić information content (AvgIpc) is 3.41. The van der Waals surface area contributed by atoms with Crippen molar-refractivity contribution >= 4 is 22.0 Å². The number of ether oxygens (including phenoxy) is 1. The zero-order valence-corrected chi connectivity index (χ0v) is 21.1. The number of benzene rings is 3. The molecule has 1 amide bonds. The average molecular weight is 538 g/mol. The number of rotatable bonds is 11. The van der Waals surface area contributed by atoms with E-state index < -0.39 is 32.5 Å². The molecule has 3 aromatic carbocycles. The van der Waals surface area contributed by atoms with Crippen molar-refractivity contribution in [1.82, 2.24) is 14.5 Å². The molecule has 0 unspecified atom stereocenters. The number of nitrogens with zero attached hydrogens (tertiary/aromatic N) is 2. The minimum atomic E-state index is -4.35. The summed E-state index contributed by atoms with van der Waals surface area (Å²) in [7, 11) is -4.35. The highest BCUT2D eigenvalue weighted by Crippen LogP contribution is 2.23. The molecule has 0 aliphatic rings. The largest absolute Gasteiger partial charge is 0.489 e. The second kappa shape index (κ2) is 12.3. The molecule has 0 saturated carbocycles. The number of amides is 1. The number of hydrogen-bond acceptors (Lipinski definition) is 5. The van der Waals surface area contributed by atoms with Gasteiger partial charge in [-0.25, -0.2) is 21.9 Å². The van der Waals surface area contributed by atoms with E-state index in [0.29, 0.717) is 30.0 Å². The van der Waals surface area contributed by atoms with Crippen LogP contribution in [0.3, 0.4) is 0 Å². The van der Waals surface area contributed by atoms with Crippen molar-refractivity contribution in [3.05, 3.63) is 120 Å². The van der Waals surface area contributed by atoms with Gasteiger partial charge >= 0.3 is 0 Å². The molecule has 0 saturated heterocycles. The van der Waals surface area contributed by atoms with Crippen LogP contribution in [0.4, 0.5) is 8.78 Å². The highest BCUT2D eigenvalue weighted by Gasteiger charge is 2.20. The lowest BCUT2D eigenvalue weighted by Gasteiger charge is -2.13. The Bertz CT molecular complexity index is 1520. The second-order valence-corrected chi connectivity index (χ2v) is 10.1. The Morgan fingerprint density at radius 2 is 1.82 bits per heavy atom. The first-order valence-electron chi connectivity index (χ1n) is 11.7. The van der Waals surface area contributed by atoms with E-state index in [4.69, 9.17) is 4.74 Å². The highest BCUT2D eigenvalue weighted by molar-refractivity contribution is 7.90. The standard InChI is InChI=1S/C28H25F2N3O4S/c29-25-13-12-24(19-26(25)30)38(35,36)32-28(34)14-11-23-10-9-22(20-33-16-5-15-31-33)18-27(23)37-17-4-8-21-6-2-1-3-7-21/h1-10,12-13,15-16,18-19H,11,14,17,20H2,(H,32,34)/b8-4+. The van der Waals surface area contributed by atoms with Gasteiger partial charge in [0.15, 0.2) is 11.6 Å². The van der Waals surface area contributed by atoms with Gasteiger partial charge in [0.2, 0.25) is 5.91 Å². The second-order valence-electron chi connectivity index (χ2n) is 8.37. The van der Waals surface area contributed by atoms with Crippen molar-refractivity contribution in [2.24, 2.45) is 0 Å². The predicted octanol–water partition coefficient (Wildman–Crippen LogP) is 4.74. The van der Waals surface area contributed by atoms with E-state index >= 15 is 0 Å². The number of carbonyl (C=O) groups excluding carboxylic acids is 1. The molecule has 0 aliphatic heterocycles. The first-order chi connectivity index (χ1) is 18.3. The number of hydrogen-bond donors (Lipinski definition) is 1. The van der Waals surface area contributed by atoms with Crippen LogP contribution in [-0.2, 0) is 27.8 Å². The van der Waals surface area contributed by atoms with Crippen molar-refractivity contribution in [2.45, 2.75) is 24.3 Å². The fraction of sp³-hybridized carbons (Fsp3) is 0.143. The Labute approximate surface area is 219 Å². The normalized spacial score (nSPS) is 11.5. The van der Waals surface area contributed by atoms with E-state index in [1.165, 1.54) is 0 Å². The Kier molecular flexibility index (Phi) is 8.65. The molecule has 38 heavy (non-hydrogen) atoms. The van der Waals surface area contributed by atoms with Gasteiger partial charge in [-0.2, -0.15) is 5.10 Å². The monoisotopic (exact) mass is 537 g/mol. The van der Waals surface area contributed by atoms with Gasteiger partial charge in [0.1, 0.15) is 12.4 Å².